The molecular formula is C19H26N6O2. The largest absolute Gasteiger partial charge is 0.349 e. The molecule has 0 bridgehead atoms. The standard InChI is InChI=1S/C19H26N6O2/c1-13(20)19(27)24-9-7-15(8-10-24)14(2)23-18(26)16-3-5-17(6-4-16)25-11-21-22-12-25/h3-6,11-15H,7-10,20H2,1-2H3,(H,23,26). The topological polar surface area (TPSA) is 106 Å². The number of carbonyl (C=O) groups is 2. The van der Waals surface area contributed by atoms with Gasteiger partial charge in [0.2, 0.25) is 5.91 Å². The SMILES string of the molecule is CC(N)C(=O)N1CCC(C(C)NC(=O)c2ccc(-n3cnnc3)cc2)CC1. The lowest BCUT2D eigenvalue weighted by molar-refractivity contribution is -0.133. The average Bonchev–Trinajstić information content (AvgIpc) is 3.22. The quantitative estimate of drug-likeness (QED) is 0.816. The molecule has 144 valence electrons. The second-order valence-electron chi connectivity index (χ2n) is 7.13. The summed E-state index contributed by atoms with van der Waals surface area (Å²) in [4.78, 5) is 26.3. The average molecular weight is 370 g/mol. The van der Waals surface area contributed by atoms with Gasteiger partial charge in [0.15, 0.2) is 0 Å². The number of nitrogens with two attached hydrogens (primary N) is 1. The maximum Gasteiger partial charge on any atom is 0.251 e. The molecule has 1 aliphatic rings. The summed E-state index contributed by atoms with van der Waals surface area (Å²) in [5.74, 6) is 0.257. The molecule has 2 amide bonds. The van der Waals surface area contributed by atoms with Crippen LogP contribution in [-0.2, 0) is 4.79 Å². The predicted octanol–water partition coefficient (Wildman–Crippen LogP) is 0.971. The summed E-state index contributed by atoms with van der Waals surface area (Å²) in [6.45, 7) is 5.13. The maximum absolute atomic E-state index is 12.5. The molecule has 0 aliphatic carbocycles. The van der Waals surface area contributed by atoms with E-state index in [9.17, 15) is 9.59 Å². The summed E-state index contributed by atoms with van der Waals surface area (Å²) >= 11 is 0. The number of amides is 2. The van der Waals surface area contributed by atoms with Crippen molar-refractivity contribution >= 4 is 11.8 Å². The van der Waals surface area contributed by atoms with E-state index < -0.39 is 6.04 Å². The molecule has 2 heterocycles. The van der Waals surface area contributed by atoms with Crippen LogP contribution in [0.3, 0.4) is 0 Å². The van der Waals surface area contributed by atoms with Crippen molar-refractivity contribution in [2.24, 2.45) is 11.7 Å². The first kappa shape index (κ1) is 19.0. The first-order valence-electron chi connectivity index (χ1n) is 9.26. The van der Waals surface area contributed by atoms with E-state index in [1.807, 2.05) is 24.0 Å². The summed E-state index contributed by atoms with van der Waals surface area (Å²) in [6, 6.07) is 6.90. The van der Waals surface area contributed by atoms with Crippen LogP contribution in [0.1, 0.15) is 37.0 Å². The number of rotatable bonds is 5. The van der Waals surface area contributed by atoms with E-state index in [4.69, 9.17) is 5.73 Å². The smallest absolute Gasteiger partial charge is 0.251 e. The number of nitrogens with one attached hydrogen (secondary N) is 1. The zero-order chi connectivity index (χ0) is 19.4. The Kier molecular flexibility index (Phi) is 5.85. The van der Waals surface area contributed by atoms with Crippen LogP contribution in [0.25, 0.3) is 5.69 Å². The van der Waals surface area contributed by atoms with Crippen LogP contribution < -0.4 is 11.1 Å². The van der Waals surface area contributed by atoms with Crippen LogP contribution in [0.4, 0.5) is 0 Å². The first-order chi connectivity index (χ1) is 13.0. The second kappa shape index (κ2) is 8.30. The predicted molar refractivity (Wildman–Crippen MR) is 101 cm³/mol. The molecule has 8 nitrogen and oxygen atoms in total. The number of likely N-dealkylation sites (tertiary alicyclic amines) is 1. The molecule has 1 aromatic carbocycles. The Bertz CT molecular complexity index is 764. The highest BCUT2D eigenvalue weighted by Crippen LogP contribution is 2.21. The van der Waals surface area contributed by atoms with E-state index in [0.717, 1.165) is 18.5 Å². The van der Waals surface area contributed by atoms with Crippen molar-refractivity contribution < 1.29 is 9.59 Å². The molecule has 0 radical (unpaired) electrons. The lowest BCUT2D eigenvalue weighted by Crippen LogP contribution is -2.49. The highest BCUT2D eigenvalue weighted by molar-refractivity contribution is 5.94. The van der Waals surface area contributed by atoms with Gasteiger partial charge in [-0.3, -0.25) is 14.2 Å². The molecule has 2 aromatic rings. The fourth-order valence-corrected chi connectivity index (χ4v) is 3.43. The Hall–Kier alpha value is -2.74. The van der Waals surface area contributed by atoms with Crippen molar-refractivity contribution in [3.05, 3.63) is 42.5 Å². The highest BCUT2D eigenvalue weighted by Gasteiger charge is 2.28. The van der Waals surface area contributed by atoms with Crippen LogP contribution in [0.2, 0.25) is 0 Å². The molecule has 3 rings (SSSR count). The van der Waals surface area contributed by atoms with Gasteiger partial charge in [-0.1, -0.05) is 0 Å². The monoisotopic (exact) mass is 370 g/mol. The highest BCUT2D eigenvalue weighted by atomic mass is 16.2. The third-order valence-corrected chi connectivity index (χ3v) is 5.15. The molecule has 1 aliphatic heterocycles. The minimum absolute atomic E-state index is 0.00156. The third kappa shape index (κ3) is 4.51. The van der Waals surface area contributed by atoms with Crippen molar-refractivity contribution in [2.75, 3.05) is 13.1 Å². The van der Waals surface area contributed by atoms with Crippen molar-refractivity contribution in [3.63, 3.8) is 0 Å². The van der Waals surface area contributed by atoms with Crippen molar-refractivity contribution in [2.45, 2.75) is 38.8 Å². The zero-order valence-electron chi connectivity index (χ0n) is 15.7. The zero-order valence-corrected chi connectivity index (χ0v) is 15.7. The molecule has 3 N–H and O–H groups in total. The van der Waals surface area contributed by atoms with Crippen LogP contribution in [0.5, 0.6) is 0 Å². The summed E-state index contributed by atoms with van der Waals surface area (Å²) in [7, 11) is 0. The number of piperidine rings is 1. The Labute approximate surface area is 158 Å². The van der Waals surface area contributed by atoms with Crippen LogP contribution >= 0.6 is 0 Å². The summed E-state index contributed by atoms with van der Waals surface area (Å²) in [5, 5.41) is 10.6. The van der Waals surface area contributed by atoms with Gasteiger partial charge < -0.3 is 16.0 Å². The van der Waals surface area contributed by atoms with E-state index in [0.29, 0.717) is 24.6 Å². The number of hydrogen-bond acceptors (Lipinski definition) is 5. The molecule has 2 atom stereocenters. The molecule has 1 fully saturated rings. The van der Waals surface area contributed by atoms with Gasteiger partial charge in [-0.05, 0) is 56.9 Å². The Balaban J connectivity index is 1.53. The van der Waals surface area contributed by atoms with Crippen LogP contribution in [0.15, 0.2) is 36.9 Å². The third-order valence-electron chi connectivity index (χ3n) is 5.15. The molecule has 1 aromatic heterocycles. The van der Waals surface area contributed by atoms with Gasteiger partial charge in [0, 0.05) is 30.4 Å². The van der Waals surface area contributed by atoms with E-state index in [2.05, 4.69) is 15.5 Å². The van der Waals surface area contributed by atoms with E-state index >= 15 is 0 Å². The second-order valence-corrected chi connectivity index (χ2v) is 7.13. The normalized spacial score (nSPS) is 17.4. The van der Waals surface area contributed by atoms with Gasteiger partial charge >= 0.3 is 0 Å². The summed E-state index contributed by atoms with van der Waals surface area (Å²) in [5.41, 5.74) is 7.19. The van der Waals surface area contributed by atoms with Crippen molar-refractivity contribution in [1.29, 1.82) is 0 Å². The molecule has 27 heavy (non-hydrogen) atoms. The summed E-state index contributed by atoms with van der Waals surface area (Å²) < 4.78 is 1.78. The van der Waals surface area contributed by atoms with Gasteiger partial charge in [-0.25, -0.2) is 0 Å². The Morgan fingerprint density at radius 3 is 2.26 bits per heavy atom. The number of nitrogens with zero attached hydrogens (tertiary/aromatic N) is 4. The van der Waals surface area contributed by atoms with Gasteiger partial charge in [0.05, 0.1) is 6.04 Å². The van der Waals surface area contributed by atoms with Crippen LogP contribution in [-0.4, -0.2) is 56.7 Å². The maximum atomic E-state index is 12.5. The molecular weight excluding hydrogens is 344 g/mol. The first-order valence-corrected chi connectivity index (χ1v) is 9.26. The Morgan fingerprint density at radius 1 is 1.11 bits per heavy atom. The number of benzene rings is 1. The fraction of sp³-hybridized carbons (Fsp3) is 0.474. The molecule has 1 saturated heterocycles. The van der Waals surface area contributed by atoms with E-state index in [1.165, 1.54) is 0 Å². The van der Waals surface area contributed by atoms with Gasteiger partial charge in [0.1, 0.15) is 12.7 Å². The lowest BCUT2D eigenvalue weighted by atomic mass is 9.90. The van der Waals surface area contributed by atoms with E-state index in [1.54, 1.807) is 36.3 Å². The minimum Gasteiger partial charge on any atom is -0.349 e. The van der Waals surface area contributed by atoms with Crippen molar-refractivity contribution in [1.82, 2.24) is 25.0 Å². The molecule has 0 spiro atoms. The molecule has 0 saturated carbocycles. The fourth-order valence-electron chi connectivity index (χ4n) is 3.43. The lowest BCUT2D eigenvalue weighted by Gasteiger charge is -2.35. The van der Waals surface area contributed by atoms with Gasteiger partial charge in [-0.2, -0.15) is 0 Å². The minimum atomic E-state index is -0.459. The number of carbonyl (C=O) groups excluding carboxylic acids is 2. The summed E-state index contributed by atoms with van der Waals surface area (Å²) in [6.07, 6.45) is 4.96. The van der Waals surface area contributed by atoms with Gasteiger partial charge in [-0.15, -0.1) is 10.2 Å². The van der Waals surface area contributed by atoms with E-state index in [-0.39, 0.29) is 17.9 Å². The molecule has 8 heteroatoms. The van der Waals surface area contributed by atoms with Crippen LogP contribution in [0, 0.1) is 5.92 Å². The van der Waals surface area contributed by atoms with Gasteiger partial charge in [0.25, 0.3) is 5.91 Å². The number of aromatic nitrogens is 3. The van der Waals surface area contributed by atoms with Crippen molar-refractivity contribution in [3.8, 4) is 5.69 Å². The molecule has 2 unspecified atom stereocenters. The number of hydrogen-bond donors (Lipinski definition) is 2. The Morgan fingerprint density at radius 2 is 1.70 bits per heavy atom.